The summed E-state index contributed by atoms with van der Waals surface area (Å²) in [5, 5.41) is 7.72. The van der Waals surface area contributed by atoms with Crippen molar-refractivity contribution in [1.82, 2.24) is 5.32 Å². The highest BCUT2D eigenvalue weighted by Crippen LogP contribution is 2.19. The van der Waals surface area contributed by atoms with Gasteiger partial charge in [0.1, 0.15) is 0 Å². The van der Waals surface area contributed by atoms with Crippen molar-refractivity contribution < 1.29 is 9.59 Å². The predicted octanol–water partition coefficient (Wildman–Crippen LogP) is 3.70. The van der Waals surface area contributed by atoms with E-state index < -0.39 is 0 Å². The Morgan fingerprint density at radius 2 is 1.50 bits per heavy atom. The Labute approximate surface area is 153 Å². The summed E-state index contributed by atoms with van der Waals surface area (Å²) in [7, 11) is 0. The van der Waals surface area contributed by atoms with E-state index in [0.717, 1.165) is 34.0 Å². The van der Waals surface area contributed by atoms with E-state index in [1.54, 1.807) is 0 Å². The van der Waals surface area contributed by atoms with Gasteiger partial charge in [-0.1, -0.05) is 67.6 Å². The number of para-hydroxylation sites is 1. The van der Waals surface area contributed by atoms with E-state index in [-0.39, 0.29) is 24.8 Å². The zero-order valence-electron chi connectivity index (χ0n) is 14.8. The maximum Gasteiger partial charge on any atom is 0.243 e. The number of fused-ring (bicyclic) bond motifs is 1. The minimum absolute atomic E-state index is 0.0400. The van der Waals surface area contributed by atoms with E-state index in [9.17, 15) is 9.59 Å². The van der Waals surface area contributed by atoms with Crippen molar-refractivity contribution in [3.63, 3.8) is 0 Å². The van der Waals surface area contributed by atoms with Gasteiger partial charge in [-0.05, 0) is 34.4 Å². The van der Waals surface area contributed by atoms with Crippen molar-refractivity contribution in [2.45, 2.75) is 19.8 Å². The van der Waals surface area contributed by atoms with Crippen LogP contribution in [0.2, 0.25) is 0 Å². The lowest BCUT2D eigenvalue weighted by molar-refractivity contribution is -0.123. The van der Waals surface area contributed by atoms with Crippen molar-refractivity contribution in [1.29, 1.82) is 0 Å². The van der Waals surface area contributed by atoms with Gasteiger partial charge in [0, 0.05) is 5.69 Å². The molecule has 2 N–H and O–H groups in total. The van der Waals surface area contributed by atoms with E-state index >= 15 is 0 Å². The molecule has 4 heteroatoms. The summed E-state index contributed by atoms with van der Waals surface area (Å²) >= 11 is 0. The Bertz CT molecular complexity index is 929. The van der Waals surface area contributed by atoms with Crippen LogP contribution in [-0.2, 0) is 22.4 Å². The fraction of sp³-hybridized carbons (Fsp3) is 0.182. The molecular formula is C22H22N2O2. The third-order valence-electron chi connectivity index (χ3n) is 4.35. The molecular weight excluding hydrogens is 324 g/mol. The average Bonchev–Trinajstić information content (AvgIpc) is 2.67. The van der Waals surface area contributed by atoms with Gasteiger partial charge in [-0.3, -0.25) is 9.59 Å². The molecule has 0 fully saturated rings. The number of hydrogen-bond acceptors (Lipinski definition) is 2. The van der Waals surface area contributed by atoms with Crippen LogP contribution in [0.25, 0.3) is 10.8 Å². The van der Waals surface area contributed by atoms with Gasteiger partial charge in [-0.2, -0.15) is 0 Å². The van der Waals surface area contributed by atoms with E-state index in [1.807, 2.05) is 73.7 Å². The summed E-state index contributed by atoms with van der Waals surface area (Å²) in [6.45, 7) is 2.00. The second-order valence-electron chi connectivity index (χ2n) is 6.15. The Morgan fingerprint density at radius 1 is 0.808 bits per heavy atom. The average molecular weight is 346 g/mol. The van der Waals surface area contributed by atoms with Crippen LogP contribution < -0.4 is 10.6 Å². The van der Waals surface area contributed by atoms with Gasteiger partial charge < -0.3 is 10.6 Å². The normalized spacial score (nSPS) is 10.5. The first-order chi connectivity index (χ1) is 12.7. The van der Waals surface area contributed by atoms with Crippen molar-refractivity contribution in [2.24, 2.45) is 0 Å². The minimum atomic E-state index is -0.225. The van der Waals surface area contributed by atoms with Crippen LogP contribution in [0.1, 0.15) is 18.1 Å². The summed E-state index contributed by atoms with van der Waals surface area (Å²) in [5.41, 5.74) is 2.82. The Hall–Kier alpha value is -3.14. The maximum absolute atomic E-state index is 12.2. The molecule has 3 aromatic rings. The smallest absolute Gasteiger partial charge is 0.243 e. The number of carbonyl (C=O) groups excluding carboxylic acids is 2. The molecule has 26 heavy (non-hydrogen) atoms. The molecule has 0 aliphatic rings. The van der Waals surface area contributed by atoms with Crippen LogP contribution in [0, 0.1) is 0 Å². The first-order valence-electron chi connectivity index (χ1n) is 8.78. The molecule has 0 atom stereocenters. The summed E-state index contributed by atoms with van der Waals surface area (Å²) < 4.78 is 0. The number of amides is 2. The highest BCUT2D eigenvalue weighted by molar-refractivity contribution is 5.96. The van der Waals surface area contributed by atoms with E-state index in [0.29, 0.717) is 0 Å². The van der Waals surface area contributed by atoms with Crippen molar-refractivity contribution >= 4 is 28.3 Å². The molecule has 0 spiro atoms. The zero-order chi connectivity index (χ0) is 18.4. The summed E-state index contributed by atoms with van der Waals surface area (Å²) in [4.78, 5) is 24.4. The van der Waals surface area contributed by atoms with Gasteiger partial charge in [0.25, 0.3) is 0 Å². The lowest BCUT2D eigenvalue weighted by Gasteiger charge is -2.11. The highest BCUT2D eigenvalue weighted by Gasteiger charge is 2.10. The third-order valence-corrected chi connectivity index (χ3v) is 4.35. The summed E-state index contributed by atoms with van der Waals surface area (Å²) in [5.74, 6) is -0.391. The van der Waals surface area contributed by atoms with Crippen LogP contribution >= 0.6 is 0 Å². The SMILES string of the molecule is CCc1ccccc1NC(=O)CNC(=O)Cc1cccc2ccccc12. The van der Waals surface area contributed by atoms with Crippen LogP contribution in [0.5, 0.6) is 0 Å². The topological polar surface area (TPSA) is 58.2 Å². The third kappa shape index (κ3) is 4.28. The van der Waals surface area contributed by atoms with Gasteiger partial charge in [-0.15, -0.1) is 0 Å². The predicted molar refractivity (Wildman–Crippen MR) is 105 cm³/mol. The van der Waals surface area contributed by atoms with Gasteiger partial charge in [0.05, 0.1) is 13.0 Å². The quantitative estimate of drug-likeness (QED) is 0.715. The number of hydrogen-bond donors (Lipinski definition) is 2. The summed E-state index contributed by atoms with van der Waals surface area (Å²) in [6, 6.07) is 21.6. The number of carbonyl (C=O) groups is 2. The fourth-order valence-electron chi connectivity index (χ4n) is 3.01. The lowest BCUT2D eigenvalue weighted by atomic mass is 10.0. The number of anilines is 1. The van der Waals surface area contributed by atoms with E-state index in [4.69, 9.17) is 0 Å². The van der Waals surface area contributed by atoms with Gasteiger partial charge >= 0.3 is 0 Å². The Kier molecular flexibility index (Phi) is 5.64. The molecule has 0 saturated carbocycles. The molecule has 0 radical (unpaired) electrons. The lowest BCUT2D eigenvalue weighted by Crippen LogP contribution is -2.34. The van der Waals surface area contributed by atoms with Gasteiger partial charge in [0.2, 0.25) is 11.8 Å². The number of nitrogens with one attached hydrogen (secondary N) is 2. The molecule has 0 saturated heterocycles. The van der Waals surface area contributed by atoms with Crippen LogP contribution in [0.3, 0.4) is 0 Å². The highest BCUT2D eigenvalue weighted by atomic mass is 16.2. The first kappa shape index (κ1) is 17.7. The van der Waals surface area contributed by atoms with Crippen LogP contribution in [-0.4, -0.2) is 18.4 Å². The molecule has 0 aromatic heterocycles. The molecule has 0 unspecified atom stereocenters. The van der Waals surface area contributed by atoms with Gasteiger partial charge in [-0.25, -0.2) is 0 Å². The fourth-order valence-corrected chi connectivity index (χ4v) is 3.01. The molecule has 3 aromatic carbocycles. The second-order valence-corrected chi connectivity index (χ2v) is 6.15. The second kappa shape index (κ2) is 8.30. The monoisotopic (exact) mass is 346 g/mol. The number of rotatable bonds is 6. The molecule has 0 heterocycles. The summed E-state index contributed by atoms with van der Waals surface area (Å²) in [6.07, 6.45) is 1.09. The molecule has 4 nitrogen and oxygen atoms in total. The molecule has 0 aliphatic heterocycles. The zero-order valence-corrected chi connectivity index (χ0v) is 14.8. The van der Waals surface area contributed by atoms with Crippen molar-refractivity contribution in [2.75, 3.05) is 11.9 Å². The largest absolute Gasteiger partial charge is 0.347 e. The maximum atomic E-state index is 12.2. The first-order valence-corrected chi connectivity index (χ1v) is 8.78. The van der Waals surface area contributed by atoms with Crippen molar-refractivity contribution in [3.8, 4) is 0 Å². The molecule has 2 amide bonds. The minimum Gasteiger partial charge on any atom is -0.347 e. The molecule has 0 aliphatic carbocycles. The number of aryl methyl sites for hydroxylation is 1. The molecule has 3 rings (SSSR count). The van der Waals surface area contributed by atoms with Crippen LogP contribution in [0.15, 0.2) is 66.7 Å². The molecule has 132 valence electrons. The van der Waals surface area contributed by atoms with Crippen molar-refractivity contribution in [3.05, 3.63) is 77.9 Å². The standard InChI is InChI=1S/C22H22N2O2/c1-2-16-8-4-6-13-20(16)24-22(26)15-23-21(25)14-18-11-7-10-17-9-3-5-12-19(17)18/h3-13H,2,14-15H2,1H3,(H,23,25)(H,24,26). The van der Waals surface area contributed by atoms with Crippen LogP contribution in [0.4, 0.5) is 5.69 Å². The number of benzene rings is 3. The molecule has 0 bridgehead atoms. The Morgan fingerprint density at radius 3 is 2.35 bits per heavy atom. The van der Waals surface area contributed by atoms with Gasteiger partial charge in [0.15, 0.2) is 0 Å². The van der Waals surface area contributed by atoms with E-state index in [1.165, 1.54) is 0 Å². The van der Waals surface area contributed by atoms with E-state index in [2.05, 4.69) is 10.6 Å². The Balaban J connectivity index is 1.57.